The number of benzene rings is 1. The smallest absolute Gasteiger partial charge is 0.165 e. The third kappa shape index (κ3) is 3.85. The fourth-order valence-electron chi connectivity index (χ4n) is 3.46. The van der Waals surface area contributed by atoms with Crippen LogP contribution in [0.5, 0.6) is 11.5 Å². The Morgan fingerprint density at radius 3 is 3.00 bits per heavy atom. The van der Waals surface area contributed by atoms with Crippen LogP contribution in [0, 0.1) is 0 Å². The van der Waals surface area contributed by atoms with Crippen molar-refractivity contribution in [2.45, 2.75) is 31.8 Å². The van der Waals surface area contributed by atoms with Gasteiger partial charge in [-0.05, 0) is 31.0 Å². The Morgan fingerprint density at radius 2 is 2.08 bits per heavy atom. The molecule has 1 atom stereocenters. The van der Waals surface area contributed by atoms with Crippen molar-refractivity contribution >= 4 is 5.82 Å². The van der Waals surface area contributed by atoms with Gasteiger partial charge in [0.1, 0.15) is 0 Å². The van der Waals surface area contributed by atoms with Gasteiger partial charge >= 0.3 is 0 Å². The molecule has 0 saturated carbocycles. The predicted octanol–water partition coefficient (Wildman–Crippen LogP) is 2.40. The van der Waals surface area contributed by atoms with E-state index in [1.807, 2.05) is 24.3 Å². The normalized spacial score (nSPS) is 20.2. The number of hydrogen-bond donors (Lipinski definition) is 1. The zero-order valence-electron chi connectivity index (χ0n) is 14.4. The number of piperidine rings is 1. The summed E-state index contributed by atoms with van der Waals surface area (Å²) in [5, 5.41) is 11.9. The number of fused-ring (bicyclic) bond motifs is 1. The maximum atomic E-state index is 5.92. The molecule has 4 rings (SSSR count). The molecule has 0 radical (unpaired) electrons. The van der Waals surface area contributed by atoms with Gasteiger partial charge in [-0.2, -0.15) is 5.10 Å². The molecule has 1 aromatic carbocycles. The average molecular weight is 340 g/mol. The lowest BCUT2D eigenvalue weighted by molar-refractivity contribution is 0.295. The summed E-state index contributed by atoms with van der Waals surface area (Å²) in [7, 11) is 0. The monoisotopic (exact) mass is 340 g/mol. The number of ether oxygens (including phenoxy) is 2. The van der Waals surface area contributed by atoms with E-state index < -0.39 is 0 Å². The highest BCUT2D eigenvalue weighted by Gasteiger charge is 2.22. The third-order valence-electron chi connectivity index (χ3n) is 4.74. The molecule has 6 nitrogen and oxygen atoms in total. The van der Waals surface area contributed by atoms with Crippen molar-refractivity contribution < 1.29 is 9.47 Å². The minimum atomic E-state index is 0.429. The van der Waals surface area contributed by atoms with Crippen molar-refractivity contribution in [2.24, 2.45) is 0 Å². The molecule has 25 heavy (non-hydrogen) atoms. The van der Waals surface area contributed by atoms with Crippen LogP contribution in [0.15, 0.2) is 36.5 Å². The van der Waals surface area contributed by atoms with Gasteiger partial charge in [0.05, 0.1) is 13.2 Å². The zero-order chi connectivity index (χ0) is 16.9. The molecule has 2 aliphatic heterocycles. The lowest BCUT2D eigenvalue weighted by atomic mass is 10.0. The van der Waals surface area contributed by atoms with E-state index in [0.717, 1.165) is 62.0 Å². The van der Waals surface area contributed by atoms with Gasteiger partial charge in [0.2, 0.25) is 0 Å². The molecular weight excluding hydrogens is 316 g/mol. The first-order valence-corrected chi connectivity index (χ1v) is 9.04. The van der Waals surface area contributed by atoms with Gasteiger partial charge in [-0.1, -0.05) is 12.1 Å². The Hall–Kier alpha value is -2.34. The van der Waals surface area contributed by atoms with E-state index >= 15 is 0 Å². The Bertz CT molecular complexity index is 695. The Kier molecular flexibility index (Phi) is 4.97. The van der Waals surface area contributed by atoms with Gasteiger partial charge in [-0.25, -0.2) is 0 Å². The molecule has 1 saturated heterocycles. The molecule has 0 bridgehead atoms. The second-order valence-electron chi connectivity index (χ2n) is 6.54. The van der Waals surface area contributed by atoms with Crippen LogP contribution in [-0.4, -0.2) is 42.5 Å². The Balaban J connectivity index is 1.40. The lowest BCUT2D eigenvalue weighted by Crippen LogP contribution is -2.45. The highest BCUT2D eigenvalue weighted by atomic mass is 16.5. The maximum Gasteiger partial charge on any atom is 0.165 e. The second-order valence-corrected chi connectivity index (χ2v) is 6.54. The molecule has 0 amide bonds. The minimum absolute atomic E-state index is 0.429. The molecule has 132 valence electrons. The average Bonchev–Trinajstić information content (AvgIpc) is 2.93. The number of nitrogens with one attached hydrogen (secondary N) is 1. The summed E-state index contributed by atoms with van der Waals surface area (Å²) >= 11 is 0. The summed E-state index contributed by atoms with van der Waals surface area (Å²) in [5.74, 6) is 2.72. The van der Waals surface area contributed by atoms with Crippen molar-refractivity contribution in [3.05, 3.63) is 42.1 Å². The highest BCUT2D eigenvalue weighted by Crippen LogP contribution is 2.33. The van der Waals surface area contributed by atoms with E-state index in [1.54, 1.807) is 6.20 Å². The van der Waals surface area contributed by atoms with Gasteiger partial charge in [0.25, 0.3) is 0 Å². The molecule has 0 aliphatic carbocycles. The van der Waals surface area contributed by atoms with Crippen molar-refractivity contribution in [1.29, 1.82) is 0 Å². The number of hydrogen-bond acceptors (Lipinski definition) is 6. The van der Waals surface area contributed by atoms with E-state index in [9.17, 15) is 0 Å². The summed E-state index contributed by atoms with van der Waals surface area (Å²) < 4.78 is 11.7. The Morgan fingerprint density at radius 1 is 1.12 bits per heavy atom. The topological polar surface area (TPSA) is 59.5 Å². The molecule has 1 fully saturated rings. The number of aromatic nitrogens is 2. The Labute approximate surface area is 148 Å². The summed E-state index contributed by atoms with van der Waals surface area (Å²) in [4.78, 5) is 2.30. The first-order valence-electron chi connectivity index (χ1n) is 9.04. The molecular formula is C19H24N4O2. The first kappa shape index (κ1) is 16.1. The highest BCUT2D eigenvalue weighted by molar-refractivity contribution is 5.47. The molecule has 0 unspecified atom stereocenters. The first-order chi connectivity index (χ1) is 12.4. The van der Waals surface area contributed by atoms with Gasteiger partial charge in [0.15, 0.2) is 17.3 Å². The SMILES string of the molecule is c1cnnc(N2CCC[C@@H](NCc3cccc4c3OCCCO4)C2)c1. The quantitative estimate of drug-likeness (QED) is 0.922. The third-order valence-corrected chi connectivity index (χ3v) is 4.74. The van der Waals surface area contributed by atoms with Crippen molar-refractivity contribution in [3.63, 3.8) is 0 Å². The molecule has 1 N–H and O–H groups in total. The number of nitrogens with zero attached hydrogens (tertiary/aromatic N) is 3. The second kappa shape index (κ2) is 7.70. The van der Waals surface area contributed by atoms with Crippen LogP contribution >= 0.6 is 0 Å². The lowest BCUT2D eigenvalue weighted by Gasteiger charge is -2.33. The van der Waals surface area contributed by atoms with Crippen LogP contribution in [0.1, 0.15) is 24.8 Å². The molecule has 1 aromatic heterocycles. The van der Waals surface area contributed by atoms with Gasteiger partial charge in [0, 0.05) is 43.9 Å². The van der Waals surface area contributed by atoms with Gasteiger partial charge in [-0.3, -0.25) is 0 Å². The van der Waals surface area contributed by atoms with E-state index in [1.165, 1.54) is 6.42 Å². The largest absolute Gasteiger partial charge is 0.490 e. The molecule has 3 heterocycles. The molecule has 2 aliphatic rings. The molecule has 2 aromatic rings. The minimum Gasteiger partial charge on any atom is -0.490 e. The standard InChI is InChI=1S/C19H24N4O2/c1-5-15(19-17(7-1)24-11-4-12-25-19)13-20-16-6-3-10-23(14-16)18-8-2-9-21-22-18/h1-2,5,7-9,16,20H,3-4,6,10-14H2/t16-/m1/s1. The summed E-state index contributed by atoms with van der Waals surface area (Å²) in [6.45, 7) is 4.21. The number of para-hydroxylation sites is 1. The van der Waals surface area contributed by atoms with Crippen LogP contribution in [0.4, 0.5) is 5.82 Å². The zero-order valence-corrected chi connectivity index (χ0v) is 14.4. The van der Waals surface area contributed by atoms with Crippen molar-refractivity contribution in [2.75, 3.05) is 31.2 Å². The molecule has 0 spiro atoms. The van der Waals surface area contributed by atoms with Gasteiger partial charge < -0.3 is 19.7 Å². The molecule has 6 heteroatoms. The van der Waals surface area contributed by atoms with Crippen LogP contribution in [0.2, 0.25) is 0 Å². The van der Waals surface area contributed by atoms with Crippen molar-refractivity contribution in [1.82, 2.24) is 15.5 Å². The van der Waals surface area contributed by atoms with E-state index in [0.29, 0.717) is 12.6 Å². The van der Waals surface area contributed by atoms with E-state index in [-0.39, 0.29) is 0 Å². The van der Waals surface area contributed by atoms with Crippen LogP contribution in [0.25, 0.3) is 0 Å². The fraction of sp³-hybridized carbons (Fsp3) is 0.474. The van der Waals surface area contributed by atoms with E-state index in [4.69, 9.17) is 9.47 Å². The number of anilines is 1. The van der Waals surface area contributed by atoms with Crippen LogP contribution in [0.3, 0.4) is 0 Å². The van der Waals surface area contributed by atoms with E-state index in [2.05, 4.69) is 26.5 Å². The summed E-state index contributed by atoms with van der Waals surface area (Å²) in [5.41, 5.74) is 1.16. The number of rotatable bonds is 4. The van der Waals surface area contributed by atoms with Gasteiger partial charge in [-0.15, -0.1) is 5.10 Å². The fourth-order valence-corrected chi connectivity index (χ4v) is 3.46. The van der Waals surface area contributed by atoms with Crippen LogP contribution < -0.4 is 19.7 Å². The maximum absolute atomic E-state index is 5.92. The van der Waals surface area contributed by atoms with Crippen LogP contribution in [-0.2, 0) is 6.54 Å². The summed E-state index contributed by atoms with van der Waals surface area (Å²) in [6, 6.07) is 10.5. The summed E-state index contributed by atoms with van der Waals surface area (Å²) in [6.07, 6.45) is 4.97. The van der Waals surface area contributed by atoms with Crippen molar-refractivity contribution in [3.8, 4) is 11.5 Å². The predicted molar refractivity (Wildman–Crippen MR) is 96.2 cm³/mol.